The van der Waals surface area contributed by atoms with E-state index in [9.17, 15) is 0 Å². The largest absolute Gasteiger partial charge is 0.424 e. The summed E-state index contributed by atoms with van der Waals surface area (Å²) >= 11 is 1.90. The van der Waals surface area contributed by atoms with E-state index in [2.05, 4.69) is 17.1 Å². The second-order valence-electron chi connectivity index (χ2n) is 3.72. The lowest BCUT2D eigenvalue weighted by molar-refractivity contribution is 0.402. The Morgan fingerprint density at radius 3 is 3.07 bits per heavy atom. The van der Waals surface area contributed by atoms with Crippen LogP contribution in [0.2, 0.25) is 0 Å². The minimum Gasteiger partial charge on any atom is -0.424 e. The summed E-state index contributed by atoms with van der Waals surface area (Å²) in [5.41, 5.74) is 5.42. The summed E-state index contributed by atoms with van der Waals surface area (Å²) in [6, 6.07) is 0. The maximum absolute atomic E-state index is 5.59. The molecular weight excluding hydrogens is 198 g/mol. The van der Waals surface area contributed by atoms with Crippen LogP contribution in [0, 0.1) is 0 Å². The van der Waals surface area contributed by atoms with Gasteiger partial charge in [0.05, 0.1) is 4.75 Å². The van der Waals surface area contributed by atoms with Crippen LogP contribution in [0.25, 0.3) is 0 Å². The van der Waals surface area contributed by atoms with Gasteiger partial charge in [-0.2, -0.15) is 0 Å². The minimum atomic E-state index is 0.0415. The van der Waals surface area contributed by atoms with E-state index in [4.69, 9.17) is 10.2 Å². The van der Waals surface area contributed by atoms with E-state index in [1.54, 1.807) is 0 Å². The molecule has 2 rings (SSSR count). The molecule has 0 aliphatic carbocycles. The van der Waals surface area contributed by atoms with Gasteiger partial charge in [-0.3, -0.25) is 0 Å². The standard InChI is InChI=1S/C9H15N3OS/c1-9(4-2-6-14-9)8-12-11-7(13-8)3-5-10/h2-6,10H2,1H3. The van der Waals surface area contributed by atoms with Crippen molar-refractivity contribution in [2.45, 2.75) is 30.9 Å². The third-order valence-corrected chi connectivity index (χ3v) is 4.00. The van der Waals surface area contributed by atoms with Gasteiger partial charge in [0, 0.05) is 13.0 Å². The first-order chi connectivity index (χ1) is 6.74. The zero-order valence-electron chi connectivity index (χ0n) is 8.32. The van der Waals surface area contributed by atoms with Gasteiger partial charge in [-0.05, 0) is 25.5 Å². The van der Waals surface area contributed by atoms with Crippen molar-refractivity contribution in [3.8, 4) is 0 Å². The molecule has 2 N–H and O–H groups in total. The lowest BCUT2D eigenvalue weighted by atomic mass is 10.1. The van der Waals surface area contributed by atoms with Crippen molar-refractivity contribution in [2.75, 3.05) is 12.3 Å². The zero-order valence-corrected chi connectivity index (χ0v) is 9.14. The van der Waals surface area contributed by atoms with Crippen molar-refractivity contribution in [3.05, 3.63) is 11.8 Å². The number of aromatic nitrogens is 2. The molecule has 1 fully saturated rings. The molecule has 14 heavy (non-hydrogen) atoms. The highest BCUT2D eigenvalue weighted by atomic mass is 32.2. The highest BCUT2D eigenvalue weighted by Gasteiger charge is 2.36. The van der Waals surface area contributed by atoms with Crippen molar-refractivity contribution < 1.29 is 4.42 Å². The van der Waals surface area contributed by atoms with Gasteiger partial charge in [0.1, 0.15) is 0 Å². The third kappa shape index (κ3) is 1.79. The molecular formula is C9H15N3OS. The molecule has 1 aliphatic heterocycles. The van der Waals surface area contributed by atoms with E-state index in [-0.39, 0.29) is 4.75 Å². The highest BCUT2D eigenvalue weighted by molar-refractivity contribution is 8.00. The number of rotatable bonds is 3. The molecule has 5 heteroatoms. The molecule has 0 aromatic carbocycles. The quantitative estimate of drug-likeness (QED) is 0.820. The van der Waals surface area contributed by atoms with Crippen molar-refractivity contribution in [1.29, 1.82) is 0 Å². The summed E-state index contributed by atoms with van der Waals surface area (Å²) in [7, 11) is 0. The third-order valence-electron chi connectivity index (χ3n) is 2.50. The zero-order chi connectivity index (χ0) is 10.0. The maximum Gasteiger partial charge on any atom is 0.232 e. The van der Waals surface area contributed by atoms with Gasteiger partial charge in [0.2, 0.25) is 11.8 Å². The van der Waals surface area contributed by atoms with Crippen LogP contribution in [0.3, 0.4) is 0 Å². The summed E-state index contributed by atoms with van der Waals surface area (Å²) in [6.45, 7) is 2.73. The van der Waals surface area contributed by atoms with Gasteiger partial charge in [-0.1, -0.05) is 0 Å². The molecule has 1 unspecified atom stereocenters. The van der Waals surface area contributed by atoms with Crippen LogP contribution < -0.4 is 5.73 Å². The van der Waals surface area contributed by atoms with Crippen LogP contribution in [0.1, 0.15) is 31.5 Å². The molecule has 0 bridgehead atoms. The summed E-state index contributed by atoms with van der Waals surface area (Å²) in [5.74, 6) is 2.62. The van der Waals surface area contributed by atoms with Crippen molar-refractivity contribution in [3.63, 3.8) is 0 Å². The SMILES string of the molecule is CC1(c2nnc(CCN)o2)CCCS1. The number of nitrogens with zero attached hydrogens (tertiary/aromatic N) is 2. The first-order valence-electron chi connectivity index (χ1n) is 4.91. The number of hydrogen-bond donors (Lipinski definition) is 1. The van der Waals surface area contributed by atoms with Crippen molar-refractivity contribution in [1.82, 2.24) is 10.2 Å². The van der Waals surface area contributed by atoms with E-state index in [0.29, 0.717) is 18.9 Å². The number of hydrogen-bond acceptors (Lipinski definition) is 5. The molecule has 0 radical (unpaired) electrons. The number of thioether (sulfide) groups is 1. The van der Waals surface area contributed by atoms with Crippen LogP contribution in [0.15, 0.2) is 4.42 Å². The van der Waals surface area contributed by atoms with E-state index >= 15 is 0 Å². The highest BCUT2D eigenvalue weighted by Crippen LogP contribution is 2.45. The first kappa shape index (κ1) is 9.98. The van der Waals surface area contributed by atoms with E-state index < -0.39 is 0 Å². The Balaban J connectivity index is 2.15. The van der Waals surface area contributed by atoms with Crippen LogP contribution in [0.4, 0.5) is 0 Å². The van der Waals surface area contributed by atoms with Crippen LogP contribution >= 0.6 is 11.8 Å². The van der Waals surface area contributed by atoms with Crippen molar-refractivity contribution in [2.24, 2.45) is 5.73 Å². The summed E-state index contributed by atoms with van der Waals surface area (Å²) in [4.78, 5) is 0. The average molecular weight is 213 g/mol. The smallest absolute Gasteiger partial charge is 0.232 e. The minimum absolute atomic E-state index is 0.0415. The Labute approximate surface area is 87.6 Å². The molecule has 0 saturated carbocycles. The van der Waals surface area contributed by atoms with Crippen LogP contribution in [-0.2, 0) is 11.2 Å². The summed E-state index contributed by atoms with van der Waals surface area (Å²) in [5, 5.41) is 8.08. The Kier molecular flexibility index (Phi) is 2.78. The molecule has 1 saturated heterocycles. The average Bonchev–Trinajstić information content (AvgIpc) is 2.75. The molecule has 0 amide bonds. The van der Waals surface area contributed by atoms with Gasteiger partial charge in [-0.15, -0.1) is 22.0 Å². The molecule has 1 aliphatic rings. The summed E-state index contributed by atoms with van der Waals surface area (Å²) < 4.78 is 5.63. The predicted octanol–water partition coefficient (Wildman–Crippen LogP) is 1.31. The topological polar surface area (TPSA) is 64.9 Å². The fraction of sp³-hybridized carbons (Fsp3) is 0.778. The second kappa shape index (κ2) is 3.90. The van der Waals surface area contributed by atoms with Gasteiger partial charge in [-0.25, -0.2) is 0 Å². The Morgan fingerprint density at radius 2 is 2.43 bits per heavy atom. The first-order valence-corrected chi connectivity index (χ1v) is 5.90. The van der Waals surface area contributed by atoms with Crippen LogP contribution in [-0.4, -0.2) is 22.5 Å². The van der Waals surface area contributed by atoms with Gasteiger partial charge >= 0.3 is 0 Å². The van der Waals surface area contributed by atoms with Gasteiger partial charge in [0.25, 0.3) is 0 Å². The second-order valence-corrected chi connectivity index (χ2v) is 5.32. The molecule has 0 spiro atoms. The lowest BCUT2D eigenvalue weighted by Gasteiger charge is -2.16. The predicted molar refractivity (Wildman–Crippen MR) is 56.1 cm³/mol. The maximum atomic E-state index is 5.59. The van der Waals surface area contributed by atoms with Gasteiger partial charge < -0.3 is 10.2 Å². The molecule has 1 aromatic rings. The number of nitrogens with two attached hydrogens (primary N) is 1. The Hall–Kier alpha value is -0.550. The monoisotopic (exact) mass is 213 g/mol. The fourth-order valence-electron chi connectivity index (χ4n) is 1.64. The Bertz CT molecular complexity index is 307. The molecule has 4 nitrogen and oxygen atoms in total. The normalized spacial score (nSPS) is 27.0. The van der Waals surface area contributed by atoms with E-state index in [1.807, 2.05) is 11.8 Å². The summed E-state index contributed by atoms with van der Waals surface area (Å²) in [6.07, 6.45) is 3.03. The molecule has 78 valence electrons. The van der Waals surface area contributed by atoms with E-state index in [0.717, 1.165) is 12.3 Å². The fourth-order valence-corrected chi connectivity index (χ4v) is 2.87. The lowest BCUT2D eigenvalue weighted by Crippen LogP contribution is -2.13. The molecule has 1 aromatic heterocycles. The molecule has 1 atom stereocenters. The molecule has 2 heterocycles. The Morgan fingerprint density at radius 1 is 1.57 bits per heavy atom. The van der Waals surface area contributed by atoms with Crippen LogP contribution in [0.5, 0.6) is 0 Å². The van der Waals surface area contributed by atoms with E-state index in [1.165, 1.54) is 12.2 Å². The van der Waals surface area contributed by atoms with Gasteiger partial charge in [0.15, 0.2) is 0 Å². The van der Waals surface area contributed by atoms with Crippen molar-refractivity contribution >= 4 is 11.8 Å².